The molecule has 0 bridgehead atoms. The molecule has 0 saturated heterocycles. The van der Waals surface area contributed by atoms with Gasteiger partial charge in [0, 0.05) is 30.5 Å². The van der Waals surface area contributed by atoms with Gasteiger partial charge in [-0.25, -0.2) is 0 Å². The maximum atomic E-state index is 8.81. The maximum Gasteiger partial charge on any atom is 0.0628 e. The van der Waals surface area contributed by atoms with Gasteiger partial charge in [0.1, 0.15) is 0 Å². The van der Waals surface area contributed by atoms with Gasteiger partial charge in [-0.05, 0) is 31.0 Å². The second-order valence-corrected chi connectivity index (χ2v) is 5.33. The molecule has 0 atom stereocenters. The smallest absolute Gasteiger partial charge is 0.0628 e. The van der Waals surface area contributed by atoms with Crippen LogP contribution in [0.3, 0.4) is 0 Å². The molecule has 1 aliphatic rings. The number of anilines is 2. The summed E-state index contributed by atoms with van der Waals surface area (Å²) in [7, 11) is 2.00. The van der Waals surface area contributed by atoms with Gasteiger partial charge in [0.2, 0.25) is 0 Å². The van der Waals surface area contributed by atoms with Gasteiger partial charge in [-0.15, -0.1) is 0 Å². The Morgan fingerprint density at radius 3 is 2.82 bits per heavy atom. The van der Waals surface area contributed by atoms with E-state index in [-0.39, 0.29) is 5.41 Å². The van der Waals surface area contributed by atoms with E-state index in [0.29, 0.717) is 11.4 Å². The molecule has 0 aliphatic heterocycles. The van der Waals surface area contributed by atoms with E-state index >= 15 is 0 Å². The Kier molecular flexibility index (Phi) is 3.17. The highest BCUT2D eigenvalue weighted by Gasteiger charge is 2.43. The van der Waals surface area contributed by atoms with Crippen LogP contribution in [0, 0.1) is 16.7 Å². The number of benzene rings is 1. The fourth-order valence-electron chi connectivity index (χ4n) is 2.17. The summed E-state index contributed by atoms with van der Waals surface area (Å²) in [5, 5.41) is 9.50. The average molecular weight is 250 g/mol. The van der Waals surface area contributed by atoms with Crippen LogP contribution in [-0.4, -0.2) is 13.6 Å². The molecule has 2 rings (SSSR count). The highest BCUT2D eigenvalue weighted by Crippen LogP contribution is 2.49. The molecular weight excluding hydrogens is 234 g/mol. The lowest BCUT2D eigenvalue weighted by molar-refractivity contribution is 0.524. The summed E-state index contributed by atoms with van der Waals surface area (Å²) >= 11 is 5.97. The Balaban J connectivity index is 2.12. The van der Waals surface area contributed by atoms with E-state index in [4.69, 9.17) is 22.6 Å². The van der Waals surface area contributed by atoms with Gasteiger partial charge in [0.25, 0.3) is 0 Å². The summed E-state index contributed by atoms with van der Waals surface area (Å²) in [5.41, 5.74) is 7.79. The number of hydrogen-bond acceptors (Lipinski definition) is 3. The lowest BCUT2D eigenvalue weighted by Crippen LogP contribution is -2.27. The number of nitrogen functional groups attached to an aromatic ring is 1. The summed E-state index contributed by atoms with van der Waals surface area (Å²) in [5.74, 6) is 0. The van der Waals surface area contributed by atoms with E-state index in [1.165, 1.54) is 0 Å². The Hall–Kier alpha value is -1.40. The highest BCUT2D eigenvalue weighted by atomic mass is 35.5. The number of hydrogen-bond donors (Lipinski definition) is 1. The standard InChI is InChI=1S/C13H16ClN3/c1-17(9-13(4-5-13)6-7-15)12-8-10(14)2-3-11(12)16/h2-3,8H,4-6,9,16H2,1H3. The zero-order valence-corrected chi connectivity index (χ0v) is 10.7. The first-order valence-corrected chi connectivity index (χ1v) is 6.07. The lowest BCUT2D eigenvalue weighted by Gasteiger charge is -2.25. The molecule has 0 unspecified atom stereocenters. The van der Waals surface area contributed by atoms with Crippen LogP contribution in [0.5, 0.6) is 0 Å². The predicted octanol–water partition coefficient (Wildman–Crippen LogP) is 3.05. The first-order valence-electron chi connectivity index (χ1n) is 5.69. The van der Waals surface area contributed by atoms with Gasteiger partial charge in [-0.2, -0.15) is 5.26 Å². The van der Waals surface area contributed by atoms with Gasteiger partial charge < -0.3 is 10.6 Å². The van der Waals surface area contributed by atoms with Gasteiger partial charge >= 0.3 is 0 Å². The van der Waals surface area contributed by atoms with Crippen molar-refractivity contribution in [3.05, 3.63) is 23.2 Å². The van der Waals surface area contributed by atoms with Crippen LogP contribution in [0.1, 0.15) is 19.3 Å². The second-order valence-electron chi connectivity index (χ2n) is 4.89. The summed E-state index contributed by atoms with van der Waals surface area (Å²) < 4.78 is 0. The van der Waals surface area contributed by atoms with Crippen molar-refractivity contribution in [1.82, 2.24) is 0 Å². The number of nitrogens with zero attached hydrogens (tertiary/aromatic N) is 2. The van der Waals surface area contributed by atoms with Crippen LogP contribution in [0.2, 0.25) is 5.02 Å². The third-order valence-electron chi connectivity index (χ3n) is 3.39. The van der Waals surface area contributed by atoms with E-state index in [9.17, 15) is 0 Å². The number of nitrogens with two attached hydrogens (primary N) is 1. The molecule has 4 heteroatoms. The highest BCUT2D eigenvalue weighted by molar-refractivity contribution is 6.31. The molecular formula is C13H16ClN3. The topological polar surface area (TPSA) is 53.0 Å². The summed E-state index contributed by atoms with van der Waals surface area (Å²) in [6, 6.07) is 7.75. The second kappa shape index (κ2) is 4.46. The quantitative estimate of drug-likeness (QED) is 0.835. The normalized spacial score (nSPS) is 16.3. The molecule has 17 heavy (non-hydrogen) atoms. The van der Waals surface area contributed by atoms with E-state index in [0.717, 1.165) is 30.8 Å². The molecule has 1 aromatic carbocycles. The molecule has 1 aromatic rings. The Morgan fingerprint density at radius 2 is 2.24 bits per heavy atom. The first kappa shape index (κ1) is 12.1. The lowest BCUT2D eigenvalue weighted by atomic mass is 10.0. The molecule has 1 saturated carbocycles. The van der Waals surface area contributed by atoms with Gasteiger partial charge in [-0.1, -0.05) is 11.6 Å². The molecule has 0 radical (unpaired) electrons. The molecule has 3 nitrogen and oxygen atoms in total. The van der Waals surface area contributed by atoms with Crippen LogP contribution in [0.25, 0.3) is 0 Å². The van der Waals surface area contributed by atoms with E-state index in [1.807, 2.05) is 19.2 Å². The first-order chi connectivity index (χ1) is 8.06. The van der Waals surface area contributed by atoms with Gasteiger partial charge in [0.05, 0.1) is 17.4 Å². The molecule has 1 aliphatic carbocycles. The average Bonchev–Trinajstić information content (AvgIpc) is 3.02. The van der Waals surface area contributed by atoms with Crippen LogP contribution in [0.4, 0.5) is 11.4 Å². The largest absolute Gasteiger partial charge is 0.397 e. The van der Waals surface area contributed by atoms with Crippen LogP contribution in [0.15, 0.2) is 18.2 Å². The Labute approximate surface area is 107 Å². The molecule has 1 fully saturated rings. The third-order valence-corrected chi connectivity index (χ3v) is 3.62. The molecule has 90 valence electrons. The van der Waals surface area contributed by atoms with Crippen molar-refractivity contribution in [2.24, 2.45) is 5.41 Å². The number of nitriles is 1. The van der Waals surface area contributed by atoms with E-state index < -0.39 is 0 Å². The van der Waals surface area contributed by atoms with Crippen LogP contribution >= 0.6 is 11.6 Å². The van der Waals surface area contributed by atoms with E-state index in [2.05, 4.69) is 11.0 Å². The Morgan fingerprint density at radius 1 is 1.53 bits per heavy atom. The minimum absolute atomic E-state index is 0.179. The van der Waals surface area contributed by atoms with Crippen molar-refractivity contribution in [2.45, 2.75) is 19.3 Å². The van der Waals surface area contributed by atoms with Crippen LogP contribution in [-0.2, 0) is 0 Å². The fraction of sp³-hybridized carbons (Fsp3) is 0.462. The zero-order chi connectivity index (χ0) is 12.5. The molecule has 0 spiro atoms. The minimum atomic E-state index is 0.179. The zero-order valence-electron chi connectivity index (χ0n) is 9.91. The van der Waals surface area contributed by atoms with Crippen LogP contribution < -0.4 is 10.6 Å². The SMILES string of the molecule is CN(CC1(CC#N)CC1)c1cc(Cl)ccc1N. The van der Waals surface area contributed by atoms with Crippen molar-refractivity contribution >= 4 is 23.0 Å². The number of rotatable bonds is 4. The van der Waals surface area contributed by atoms with Crippen molar-refractivity contribution in [2.75, 3.05) is 24.2 Å². The number of halogens is 1. The molecule has 0 amide bonds. The minimum Gasteiger partial charge on any atom is -0.397 e. The molecule has 0 heterocycles. The Bertz CT molecular complexity index is 460. The summed E-state index contributed by atoms with van der Waals surface area (Å²) in [6.07, 6.45) is 2.88. The van der Waals surface area contributed by atoms with Gasteiger partial charge in [-0.3, -0.25) is 0 Å². The maximum absolute atomic E-state index is 8.81. The van der Waals surface area contributed by atoms with Crippen molar-refractivity contribution in [3.8, 4) is 6.07 Å². The van der Waals surface area contributed by atoms with Crippen molar-refractivity contribution < 1.29 is 0 Å². The summed E-state index contributed by atoms with van der Waals surface area (Å²) in [6.45, 7) is 0.866. The molecule has 0 aromatic heterocycles. The van der Waals surface area contributed by atoms with Crippen molar-refractivity contribution in [3.63, 3.8) is 0 Å². The third kappa shape index (κ3) is 2.65. The monoisotopic (exact) mass is 249 g/mol. The van der Waals surface area contributed by atoms with E-state index in [1.54, 1.807) is 6.07 Å². The fourth-order valence-corrected chi connectivity index (χ4v) is 2.34. The predicted molar refractivity (Wildman–Crippen MR) is 71.0 cm³/mol. The molecule has 2 N–H and O–H groups in total. The summed E-state index contributed by atoms with van der Waals surface area (Å²) in [4.78, 5) is 2.10. The van der Waals surface area contributed by atoms with Crippen molar-refractivity contribution in [1.29, 1.82) is 5.26 Å². The van der Waals surface area contributed by atoms with Gasteiger partial charge in [0.15, 0.2) is 0 Å².